The first-order valence-corrected chi connectivity index (χ1v) is 7.37. The summed E-state index contributed by atoms with van der Waals surface area (Å²) in [5.74, 6) is 0.875. The van der Waals surface area contributed by atoms with Crippen LogP contribution in [0.3, 0.4) is 0 Å². The molecule has 0 amide bonds. The summed E-state index contributed by atoms with van der Waals surface area (Å²) in [6.07, 6.45) is 8.19. The third kappa shape index (κ3) is 4.59. The highest BCUT2D eigenvalue weighted by atomic mass is 16.5. The molecule has 0 radical (unpaired) electrons. The van der Waals surface area contributed by atoms with Gasteiger partial charge in [-0.15, -0.1) is 0 Å². The molecule has 104 valence electrons. The number of hydrogen-bond donors (Lipinski definition) is 1. The van der Waals surface area contributed by atoms with Gasteiger partial charge in [-0.1, -0.05) is 13.8 Å². The van der Waals surface area contributed by atoms with Gasteiger partial charge in [-0.3, -0.25) is 0 Å². The minimum absolute atomic E-state index is 0.357. The molecule has 1 saturated carbocycles. The molecule has 1 rings (SSSR count). The van der Waals surface area contributed by atoms with Gasteiger partial charge in [0, 0.05) is 6.61 Å². The van der Waals surface area contributed by atoms with Crippen molar-refractivity contribution in [3.8, 4) is 6.07 Å². The Morgan fingerprint density at radius 1 is 1.33 bits per heavy atom. The maximum atomic E-state index is 9.20. The number of nitrogens with one attached hydrogen (secondary N) is 1. The molecule has 1 unspecified atom stereocenters. The van der Waals surface area contributed by atoms with E-state index in [1.807, 2.05) is 7.05 Å². The second-order valence-corrected chi connectivity index (χ2v) is 5.65. The van der Waals surface area contributed by atoms with Gasteiger partial charge < -0.3 is 10.1 Å². The van der Waals surface area contributed by atoms with Crippen LogP contribution in [0.1, 0.15) is 58.8 Å². The summed E-state index contributed by atoms with van der Waals surface area (Å²) < 4.78 is 5.92. The summed E-state index contributed by atoms with van der Waals surface area (Å²) in [6.45, 7) is 5.18. The van der Waals surface area contributed by atoms with Crippen LogP contribution in [0, 0.1) is 17.2 Å². The van der Waals surface area contributed by atoms with Crippen molar-refractivity contribution < 1.29 is 4.74 Å². The van der Waals surface area contributed by atoms with E-state index in [0.29, 0.717) is 6.10 Å². The number of nitrogens with zero attached hydrogens (tertiary/aromatic N) is 1. The van der Waals surface area contributed by atoms with Crippen LogP contribution in [0.4, 0.5) is 0 Å². The van der Waals surface area contributed by atoms with E-state index >= 15 is 0 Å². The molecule has 0 aliphatic heterocycles. The molecule has 0 heterocycles. The first kappa shape index (κ1) is 15.5. The first-order valence-electron chi connectivity index (χ1n) is 7.37. The Morgan fingerprint density at radius 2 is 2.00 bits per heavy atom. The molecule has 1 aliphatic carbocycles. The SMILES string of the molecule is CCC(C#N)(CCCOC1CCC(C)CC1)NC. The van der Waals surface area contributed by atoms with Gasteiger partial charge in [0.05, 0.1) is 12.2 Å². The molecule has 1 atom stereocenters. The number of nitriles is 1. The number of hydrogen-bond acceptors (Lipinski definition) is 3. The summed E-state index contributed by atoms with van der Waals surface area (Å²) in [5.41, 5.74) is -0.357. The van der Waals surface area contributed by atoms with Crippen LogP contribution in [0.5, 0.6) is 0 Å². The van der Waals surface area contributed by atoms with Gasteiger partial charge in [-0.05, 0) is 57.9 Å². The van der Waals surface area contributed by atoms with Crippen molar-refractivity contribution in [2.45, 2.75) is 70.4 Å². The van der Waals surface area contributed by atoms with Gasteiger partial charge in [0.1, 0.15) is 5.54 Å². The van der Waals surface area contributed by atoms with Crippen molar-refractivity contribution in [1.82, 2.24) is 5.32 Å². The van der Waals surface area contributed by atoms with Gasteiger partial charge in [0.15, 0.2) is 0 Å². The molecular formula is C15H28N2O. The highest BCUT2D eigenvalue weighted by Gasteiger charge is 2.25. The molecular weight excluding hydrogens is 224 g/mol. The van der Waals surface area contributed by atoms with Gasteiger partial charge in [-0.2, -0.15) is 5.26 Å². The minimum atomic E-state index is -0.357. The molecule has 18 heavy (non-hydrogen) atoms. The summed E-state index contributed by atoms with van der Waals surface area (Å²) in [6, 6.07) is 2.39. The predicted molar refractivity (Wildman–Crippen MR) is 74.3 cm³/mol. The van der Waals surface area contributed by atoms with Crippen molar-refractivity contribution in [2.75, 3.05) is 13.7 Å². The fourth-order valence-corrected chi connectivity index (χ4v) is 2.69. The Labute approximate surface area is 112 Å². The highest BCUT2D eigenvalue weighted by molar-refractivity contribution is 5.05. The van der Waals surface area contributed by atoms with Crippen molar-refractivity contribution in [3.05, 3.63) is 0 Å². The molecule has 1 aliphatic rings. The van der Waals surface area contributed by atoms with E-state index in [2.05, 4.69) is 25.2 Å². The molecule has 0 saturated heterocycles. The average molecular weight is 252 g/mol. The quantitative estimate of drug-likeness (QED) is 0.707. The summed E-state index contributed by atoms with van der Waals surface area (Å²) in [7, 11) is 1.87. The Morgan fingerprint density at radius 3 is 2.50 bits per heavy atom. The third-order valence-corrected chi connectivity index (χ3v) is 4.36. The average Bonchev–Trinajstić information content (AvgIpc) is 2.42. The van der Waals surface area contributed by atoms with Crippen LogP contribution in [0.15, 0.2) is 0 Å². The summed E-state index contributed by atoms with van der Waals surface area (Å²) >= 11 is 0. The van der Waals surface area contributed by atoms with E-state index in [1.165, 1.54) is 25.7 Å². The second kappa shape index (κ2) is 7.76. The van der Waals surface area contributed by atoms with E-state index in [4.69, 9.17) is 4.74 Å². The molecule has 0 spiro atoms. The fraction of sp³-hybridized carbons (Fsp3) is 0.933. The molecule has 3 nitrogen and oxygen atoms in total. The van der Waals surface area contributed by atoms with Gasteiger partial charge >= 0.3 is 0 Å². The molecule has 0 aromatic carbocycles. The van der Waals surface area contributed by atoms with Crippen LogP contribution in [-0.2, 0) is 4.74 Å². The lowest BCUT2D eigenvalue weighted by Crippen LogP contribution is -2.41. The lowest BCUT2D eigenvalue weighted by Gasteiger charge is -2.27. The largest absolute Gasteiger partial charge is 0.378 e. The van der Waals surface area contributed by atoms with E-state index in [-0.39, 0.29) is 5.54 Å². The zero-order chi connectivity index (χ0) is 13.4. The van der Waals surface area contributed by atoms with Crippen molar-refractivity contribution in [3.63, 3.8) is 0 Å². The normalized spacial score (nSPS) is 27.4. The fourth-order valence-electron chi connectivity index (χ4n) is 2.69. The lowest BCUT2D eigenvalue weighted by molar-refractivity contribution is 0.0163. The Kier molecular flexibility index (Phi) is 6.67. The minimum Gasteiger partial charge on any atom is -0.378 e. The highest BCUT2D eigenvalue weighted by Crippen LogP contribution is 2.26. The van der Waals surface area contributed by atoms with Gasteiger partial charge in [-0.25, -0.2) is 0 Å². The molecule has 0 bridgehead atoms. The zero-order valence-electron chi connectivity index (χ0n) is 12.2. The molecule has 0 aromatic rings. The van der Waals surface area contributed by atoms with Crippen LogP contribution in [0.2, 0.25) is 0 Å². The smallest absolute Gasteiger partial charge is 0.106 e. The van der Waals surface area contributed by atoms with E-state index in [0.717, 1.165) is 31.8 Å². The Balaban J connectivity index is 2.16. The van der Waals surface area contributed by atoms with Crippen molar-refractivity contribution in [1.29, 1.82) is 5.26 Å². The topological polar surface area (TPSA) is 45.0 Å². The third-order valence-electron chi connectivity index (χ3n) is 4.36. The standard InChI is InChI=1S/C15H28N2O/c1-4-15(12-16,17-3)10-5-11-18-14-8-6-13(2)7-9-14/h13-14,17H,4-11H2,1-3H3. The predicted octanol–water partition coefficient (Wildman–Crippen LogP) is 3.25. The first-order chi connectivity index (χ1) is 8.65. The number of ether oxygens (including phenoxy) is 1. The van der Waals surface area contributed by atoms with Crippen LogP contribution in [0.25, 0.3) is 0 Å². The van der Waals surface area contributed by atoms with Crippen LogP contribution >= 0.6 is 0 Å². The van der Waals surface area contributed by atoms with Crippen molar-refractivity contribution in [2.24, 2.45) is 5.92 Å². The van der Waals surface area contributed by atoms with E-state index in [9.17, 15) is 5.26 Å². The van der Waals surface area contributed by atoms with Crippen LogP contribution < -0.4 is 5.32 Å². The maximum Gasteiger partial charge on any atom is 0.106 e. The zero-order valence-corrected chi connectivity index (χ0v) is 12.2. The molecule has 0 aromatic heterocycles. The Hall–Kier alpha value is -0.590. The maximum absolute atomic E-state index is 9.20. The number of rotatable bonds is 7. The van der Waals surface area contributed by atoms with Gasteiger partial charge in [0.2, 0.25) is 0 Å². The monoisotopic (exact) mass is 252 g/mol. The summed E-state index contributed by atoms with van der Waals surface area (Å²) in [5, 5.41) is 12.3. The lowest BCUT2D eigenvalue weighted by atomic mass is 9.89. The molecule has 1 N–H and O–H groups in total. The molecule has 3 heteroatoms. The van der Waals surface area contributed by atoms with E-state index < -0.39 is 0 Å². The Bertz CT molecular complexity index is 260. The van der Waals surface area contributed by atoms with E-state index in [1.54, 1.807) is 0 Å². The second-order valence-electron chi connectivity index (χ2n) is 5.65. The summed E-state index contributed by atoms with van der Waals surface area (Å²) in [4.78, 5) is 0. The molecule has 1 fully saturated rings. The van der Waals surface area contributed by atoms with Gasteiger partial charge in [0.25, 0.3) is 0 Å². The van der Waals surface area contributed by atoms with Crippen LogP contribution in [-0.4, -0.2) is 25.3 Å². The van der Waals surface area contributed by atoms with Crippen molar-refractivity contribution >= 4 is 0 Å².